The van der Waals surface area contributed by atoms with Crippen LogP contribution in [0.3, 0.4) is 0 Å². The molecule has 0 atom stereocenters. The van der Waals surface area contributed by atoms with Crippen molar-refractivity contribution in [3.05, 3.63) is 70.9 Å². The van der Waals surface area contributed by atoms with Gasteiger partial charge in [-0.05, 0) is 38.3 Å². The molecule has 0 saturated carbocycles. The Hall–Kier alpha value is -3.54. The van der Waals surface area contributed by atoms with Crippen molar-refractivity contribution in [1.82, 2.24) is 14.9 Å². The largest absolute Gasteiger partial charge is 0.355 e. The molecule has 4 rings (SSSR count). The highest BCUT2D eigenvalue weighted by molar-refractivity contribution is 6.10. The van der Waals surface area contributed by atoms with Gasteiger partial charge in [0.15, 0.2) is 5.82 Å². The predicted octanol–water partition coefficient (Wildman–Crippen LogP) is 5.43. The molecule has 1 N–H and O–H groups in total. The zero-order valence-electron chi connectivity index (χ0n) is 19.9. The maximum absolute atomic E-state index is 13.2. The van der Waals surface area contributed by atoms with Crippen molar-refractivity contribution in [1.29, 1.82) is 5.41 Å². The molecule has 1 aliphatic heterocycles. The summed E-state index contributed by atoms with van der Waals surface area (Å²) < 4.78 is 0. The number of carbonyl (C=O) groups excluding carboxylic acids is 1. The fourth-order valence-corrected chi connectivity index (χ4v) is 4.28. The van der Waals surface area contributed by atoms with E-state index in [-0.39, 0.29) is 12.3 Å². The molecule has 0 fully saturated rings. The predicted molar refractivity (Wildman–Crippen MR) is 133 cm³/mol. The van der Waals surface area contributed by atoms with Crippen LogP contribution >= 0.6 is 0 Å². The number of para-hydroxylation sites is 1. The summed E-state index contributed by atoms with van der Waals surface area (Å²) >= 11 is 0. The summed E-state index contributed by atoms with van der Waals surface area (Å²) in [5.74, 6) is 1.45. The van der Waals surface area contributed by atoms with Crippen LogP contribution in [0.25, 0.3) is 11.4 Å². The maximum Gasteiger partial charge on any atom is 0.237 e. The number of aromatic nitrogens is 2. The number of benzene rings is 2. The highest BCUT2D eigenvalue weighted by Gasteiger charge is 2.36. The van der Waals surface area contributed by atoms with Crippen molar-refractivity contribution in [2.75, 3.05) is 18.0 Å². The summed E-state index contributed by atoms with van der Waals surface area (Å²) in [6.07, 6.45) is 2.07. The van der Waals surface area contributed by atoms with E-state index in [0.29, 0.717) is 23.2 Å². The average Bonchev–Trinajstić information content (AvgIpc) is 3.14. The van der Waals surface area contributed by atoms with Gasteiger partial charge in [0.25, 0.3) is 0 Å². The van der Waals surface area contributed by atoms with Crippen LogP contribution in [0.2, 0.25) is 0 Å². The van der Waals surface area contributed by atoms with Crippen LogP contribution in [0.5, 0.6) is 0 Å². The highest BCUT2D eigenvalue weighted by Crippen LogP contribution is 2.38. The molecule has 2 heterocycles. The number of aryl methyl sites for hydroxylation is 2. The van der Waals surface area contributed by atoms with Gasteiger partial charge in [-0.1, -0.05) is 61.9 Å². The Bertz CT molecular complexity index is 1180. The Balaban J connectivity index is 1.91. The molecule has 170 valence electrons. The molecule has 3 aromatic rings. The van der Waals surface area contributed by atoms with Gasteiger partial charge in [0.05, 0.1) is 12.1 Å². The quantitative estimate of drug-likeness (QED) is 0.392. The first-order valence-electron chi connectivity index (χ1n) is 11.6. The highest BCUT2D eigenvalue weighted by atomic mass is 16.2. The molecule has 6 heteroatoms. The number of hydrogen-bond acceptors (Lipinski definition) is 4. The van der Waals surface area contributed by atoms with Gasteiger partial charge in [0.2, 0.25) is 5.91 Å². The zero-order chi connectivity index (χ0) is 23.5. The van der Waals surface area contributed by atoms with Crippen LogP contribution in [0.4, 0.5) is 11.5 Å². The smallest absolute Gasteiger partial charge is 0.237 e. The Morgan fingerprint density at radius 3 is 2.30 bits per heavy atom. The fraction of sp³-hybridized carbons (Fsp3) is 0.333. The lowest BCUT2D eigenvalue weighted by molar-refractivity contribution is -0.116. The van der Waals surface area contributed by atoms with E-state index in [1.54, 1.807) is 4.90 Å². The lowest BCUT2D eigenvalue weighted by Crippen LogP contribution is -2.34. The molecule has 0 saturated heterocycles. The van der Waals surface area contributed by atoms with Crippen molar-refractivity contribution in [3.63, 3.8) is 0 Å². The van der Waals surface area contributed by atoms with E-state index in [2.05, 4.69) is 18.7 Å². The monoisotopic (exact) mass is 441 g/mol. The van der Waals surface area contributed by atoms with Gasteiger partial charge in [-0.2, -0.15) is 0 Å². The summed E-state index contributed by atoms with van der Waals surface area (Å²) in [7, 11) is 0. The minimum absolute atomic E-state index is 0.0405. The molecule has 33 heavy (non-hydrogen) atoms. The van der Waals surface area contributed by atoms with E-state index in [9.17, 15) is 4.79 Å². The lowest BCUT2D eigenvalue weighted by atomic mass is 10.1. The van der Waals surface area contributed by atoms with E-state index in [1.807, 2.05) is 62.4 Å². The second-order valence-electron chi connectivity index (χ2n) is 8.59. The standard InChI is InChI=1S/C27H31N5O/c1-5-15-31(16-6-2)25(28)24-21-17-23(33)32(22-10-8-7-9-19(22)4)27(21)30-26(29-24)20-13-11-18(3)12-14-20/h7-14,28H,5-6,15-17H2,1-4H3. The summed E-state index contributed by atoms with van der Waals surface area (Å²) in [4.78, 5) is 26.7. The zero-order valence-corrected chi connectivity index (χ0v) is 19.9. The van der Waals surface area contributed by atoms with Gasteiger partial charge in [-0.15, -0.1) is 0 Å². The normalized spacial score (nSPS) is 12.7. The number of hydrogen-bond donors (Lipinski definition) is 1. The van der Waals surface area contributed by atoms with E-state index < -0.39 is 0 Å². The molecule has 0 radical (unpaired) electrons. The number of nitrogens with zero attached hydrogens (tertiary/aromatic N) is 4. The molecule has 1 amide bonds. The van der Waals surface area contributed by atoms with E-state index in [4.69, 9.17) is 15.4 Å². The molecule has 1 aliphatic rings. The number of rotatable bonds is 7. The van der Waals surface area contributed by atoms with Crippen molar-refractivity contribution >= 4 is 23.2 Å². The molecule has 0 spiro atoms. The Kier molecular flexibility index (Phi) is 6.54. The third kappa shape index (κ3) is 4.38. The molecule has 2 aromatic carbocycles. The molecule has 0 aliphatic carbocycles. The second-order valence-corrected chi connectivity index (χ2v) is 8.59. The molecular formula is C27H31N5O. The number of nitrogens with one attached hydrogen (secondary N) is 1. The lowest BCUT2D eigenvalue weighted by Gasteiger charge is -2.25. The van der Waals surface area contributed by atoms with Gasteiger partial charge >= 0.3 is 0 Å². The van der Waals surface area contributed by atoms with Crippen molar-refractivity contribution in [3.8, 4) is 11.4 Å². The van der Waals surface area contributed by atoms with E-state index in [1.165, 1.54) is 0 Å². The molecule has 1 aromatic heterocycles. The Labute approximate surface area is 195 Å². The van der Waals surface area contributed by atoms with Gasteiger partial charge in [-0.3, -0.25) is 15.1 Å². The Morgan fingerprint density at radius 2 is 1.67 bits per heavy atom. The summed E-state index contributed by atoms with van der Waals surface area (Å²) in [5, 5.41) is 9.04. The minimum Gasteiger partial charge on any atom is -0.355 e. The molecule has 0 bridgehead atoms. The van der Waals surface area contributed by atoms with Gasteiger partial charge in [0, 0.05) is 24.2 Å². The fourth-order valence-electron chi connectivity index (χ4n) is 4.28. The van der Waals surface area contributed by atoms with Crippen LogP contribution in [0.15, 0.2) is 48.5 Å². The number of amidine groups is 1. The minimum atomic E-state index is -0.0405. The molecule has 0 unspecified atom stereocenters. The Morgan fingerprint density at radius 1 is 1.00 bits per heavy atom. The van der Waals surface area contributed by atoms with Crippen LogP contribution in [-0.4, -0.2) is 39.7 Å². The third-order valence-electron chi connectivity index (χ3n) is 5.97. The van der Waals surface area contributed by atoms with Crippen LogP contribution in [0.1, 0.15) is 49.1 Å². The third-order valence-corrected chi connectivity index (χ3v) is 5.97. The number of carbonyl (C=O) groups is 1. The van der Waals surface area contributed by atoms with Gasteiger partial charge < -0.3 is 4.90 Å². The van der Waals surface area contributed by atoms with Crippen LogP contribution in [0, 0.1) is 19.3 Å². The van der Waals surface area contributed by atoms with Crippen molar-refractivity contribution in [2.24, 2.45) is 0 Å². The SMILES string of the molecule is CCCN(CCC)C(=N)c1nc(-c2ccc(C)cc2)nc2c1CC(=O)N2c1ccccc1C. The first-order valence-corrected chi connectivity index (χ1v) is 11.6. The van der Waals surface area contributed by atoms with Gasteiger partial charge in [0.1, 0.15) is 17.3 Å². The van der Waals surface area contributed by atoms with Crippen molar-refractivity contribution in [2.45, 2.75) is 47.0 Å². The average molecular weight is 442 g/mol. The van der Waals surface area contributed by atoms with Crippen LogP contribution < -0.4 is 4.90 Å². The van der Waals surface area contributed by atoms with E-state index >= 15 is 0 Å². The number of anilines is 2. The second kappa shape index (κ2) is 9.53. The summed E-state index contributed by atoms with van der Waals surface area (Å²) in [6.45, 7) is 9.82. The van der Waals surface area contributed by atoms with Crippen molar-refractivity contribution < 1.29 is 4.79 Å². The summed E-state index contributed by atoms with van der Waals surface area (Å²) in [6, 6.07) is 15.9. The van der Waals surface area contributed by atoms with Crippen LogP contribution in [-0.2, 0) is 11.2 Å². The van der Waals surface area contributed by atoms with E-state index in [0.717, 1.165) is 53.9 Å². The maximum atomic E-state index is 13.2. The number of fused-ring (bicyclic) bond motifs is 1. The first kappa shape index (κ1) is 22.6. The number of amides is 1. The molecule has 6 nitrogen and oxygen atoms in total. The summed E-state index contributed by atoms with van der Waals surface area (Å²) in [5.41, 5.74) is 5.15. The molecular weight excluding hydrogens is 410 g/mol. The topological polar surface area (TPSA) is 73.2 Å². The van der Waals surface area contributed by atoms with Gasteiger partial charge in [-0.25, -0.2) is 9.97 Å². The first-order chi connectivity index (χ1) is 15.9.